The first kappa shape index (κ1) is 34.2. The van der Waals surface area contributed by atoms with Crippen LogP contribution in [0.2, 0.25) is 5.02 Å². The molecule has 226 valence electrons. The summed E-state index contributed by atoms with van der Waals surface area (Å²) in [6.45, 7) is 17.0. The molecule has 1 fully saturated rings. The van der Waals surface area contributed by atoms with Crippen LogP contribution in [0.4, 0.5) is 9.18 Å². The van der Waals surface area contributed by atoms with Crippen LogP contribution in [-0.2, 0) is 23.8 Å². The Morgan fingerprint density at radius 2 is 1.52 bits per heavy atom. The zero-order valence-corrected chi connectivity index (χ0v) is 26.6. The lowest BCUT2D eigenvalue weighted by molar-refractivity contribution is -0.169. The number of aliphatic hydroxyl groups is 1. The summed E-state index contributed by atoms with van der Waals surface area (Å²) in [5, 5.41) is 14.2. The number of esters is 2. The molecule has 1 aromatic carbocycles. The number of carbonyl (C=O) groups is 3. The quantitative estimate of drug-likeness (QED) is 0.217. The Hall–Kier alpha value is -2.04. The van der Waals surface area contributed by atoms with Gasteiger partial charge in [0.15, 0.2) is 5.54 Å². The summed E-state index contributed by atoms with van der Waals surface area (Å²) < 4.78 is 30.7. The van der Waals surface area contributed by atoms with Crippen molar-refractivity contribution in [3.05, 3.63) is 29.0 Å². The first-order valence-electron chi connectivity index (χ1n) is 13.3. The Morgan fingerprint density at radius 1 is 0.975 bits per heavy atom. The minimum atomic E-state index is -1.86. The van der Waals surface area contributed by atoms with E-state index >= 15 is 0 Å². The number of amides is 1. The monoisotopic (exact) mass is 603 g/mol. The van der Waals surface area contributed by atoms with Crippen molar-refractivity contribution < 1.29 is 38.1 Å². The molecule has 0 heterocycles. The van der Waals surface area contributed by atoms with E-state index in [0.29, 0.717) is 4.90 Å². The lowest BCUT2D eigenvalue weighted by Gasteiger charge is -2.41. The summed E-state index contributed by atoms with van der Waals surface area (Å²) in [6, 6.07) is 4.20. The van der Waals surface area contributed by atoms with Crippen molar-refractivity contribution in [3.8, 4) is 0 Å². The van der Waals surface area contributed by atoms with Gasteiger partial charge in [-0.2, -0.15) is 0 Å². The van der Waals surface area contributed by atoms with Gasteiger partial charge in [0, 0.05) is 22.5 Å². The fraction of sp³-hybridized carbons (Fsp3) is 0.690. The molecule has 0 aliphatic heterocycles. The molecule has 0 unspecified atom stereocenters. The van der Waals surface area contributed by atoms with Gasteiger partial charge in [0.1, 0.15) is 22.6 Å². The van der Waals surface area contributed by atoms with Gasteiger partial charge in [-0.3, -0.25) is 4.79 Å². The third kappa shape index (κ3) is 8.98. The lowest BCUT2D eigenvalue weighted by Crippen LogP contribution is -2.64. The average molecular weight is 604 g/mol. The number of hydrogen-bond donors (Lipinski definition) is 2. The van der Waals surface area contributed by atoms with E-state index in [1.165, 1.54) is 30.0 Å². The van der Waals surface area contributed by atoms with Crippen LogP contribution in [0, 0.1) is 23.6 Å². The van der Waals surface area contributed by atoms with Crippen LogP contribution in [0.3, 0.4) is 0 Å². The maximum Gasteiger partial charge on any atom is 0.408 e. The van der Waals surface area contributed by atoms with Crippen molar-refractivity contribution in [3.63, 3.8) is 0 Å². The molecule has 0 radical (unpaired) electrons. The number of nitrogens with one attached hydrogen (secondary N) is 1. The van der Waals surface area contributed by atoms with Gasteiger partial charge in [-0.25, -0.2) is 14.0 Å². The summed E-state index contributed by atoms with van der Waals surface area (Å²) in [6.07, 6.45) is -2.29. The van der Waals surface area contributed by atoms with E-state index in [1.807, 2.05) is 0 Å². The Balaban J connectivity index is 2.65. The SMILES string of the molecule is C[C@@H]1[C@H](O)[C@@H](CSc2ccc(F)c(Cl)c2)[C@@](NC(=O)OC(C)(C)C)(C(=O)OC(C)(C)C)[C@@H]1CC(=O)OC(C)(C)C. The molecule has 1 aliphatic rings. The summed E-state index contributed by atoms with van der Waals surface area (Å²) in [5.74, 6) is -4.31. The molecule has 1 saturated carbocycles. The van der Waals surface area contributed by atoms with Crippen molar-refractivity contribution in [2.24, 2.45) is 17.8 Å². The third-order valence-corrected chi connectivity index (χ3v) is 7.73. The zero-order chi connectivity index (χ0) is 30.8. The maximum atomic E-state index is 14.1. The fourth-order valence-electron chi connectivity index (χ4n) is 4.83. The second kappa shape index (κ2) is 12.4. The van der Waals surface area contributed by atoms with Gasteiger partial charge in [0.05, 0.1) is 17.5 Å². The number of benzene rings is 1. The molecule has 40 heavy (non-hydrogen) atoms. The number of halogens is 2. The number of alkyl carbamates (subject to hydrolysis) is 1. The maximum absolute atomic E-state index is 14.1. The van der Waals surface area contributed by atoms with Crippen LogP contribution >= 0.6 is 23.4 Å². The standard InChI is InChI=1S/C29H43ClFNO7S/c1-16-18(14-22(33)37-26(2,3)4)29(24(35)38-27(5,6)7,32-25(36)39-28(8,9)10)19(23(16)34)15-40-17-11-12-21(31)20(30)13-17/h11-13,16,18-19,23,34H,14-15H2,1-10H3,(H,32,36)/t16-,18+,19+,23-,29+/m0/s1. The molecule has 1 amide bonds. The topological polar surface area (TPSA) is 111 Å². The molecule has 0 saturated heterocycles. The van der Waals surface area contributed by atoms with E-state index in [0.717, 1.165) is 0 Å². The minimum Gasteiger partial charge on any atom is -0.460 e. The van der Waals surface area contributed by atoms with E-state index < -0.39 is 70.0 Å². The van der Waals surface area contributed by atoms with Gasteiger partial charge in [-0.15, -0.1) is 11.8 Å². The van der Waals surface area contributed by atoms with Crippen molar-refractivity contribution in [1.29, 1.82) is 0 Å². The largest absolute Gasteiger partial charge is 0.460 e. The number of carbonyl (C=O) groups excluding carboxylic acids is 3. The summed E-state index contributed by atoms with van der Waals surface area (Å²) in [5.41, 5.74) is -4.49. The van der Waals surface area contributed by atoms with Crippen LogP contribution in [0.25, 0.3) is 0 Å². The molecule has 11 heteroatoms. The van der Waals surface area contributed by atoms with Crippen molar-refractivity contribution >= 4 is 41.4 Å². The molecule has 8 nitrogen and oxygen atoms in total. The molecule has 0 aromatic heterocycles. The smallest absolute Gasteiger partial charge is 0.408 e. The minimum absolute atomic E-state index is 0.0709. The molecule has 1 aliphatic carbocycles. The first-order chi connectivity index (χ1) is 18.1. The van der Waals surface area contributed by atoms with Crippen molar-refractivity contribution in [2.75, 3.05) is 5.75 Å². The number of rotatable bonds is 7. The van der Waals surface area contributed by atoms with Gasteiger partial charge in [-0.1, -0.05) is 18.5 Å². The van der Waals surface area contributed by atoms with Crippen LogP contribution in [0.1, 0.15) is 75.7 Å². The third-order valence-electron chi connectivity index (χ3n) is 6.33. The average Bonchev–Trinajstić information content (AvgIpc) is 2.92. The second-order valence-corrected chi connectivity index (χ2v) is 14.7. The van der Waals surface area contributed by atoms with E-state index in [4.69, 9.17) is 25.8 Å². The van der Waals surface area contributed by atoms with Crippen LogP contribution in [0.15, 0.2) is 23.1 Å². The van der Waals surface area contributed by atoms with E-state index in [-0.39, 0.29) is 17.2 Å². The normalized spacial score (nSPS) is 25.3. The molecule has 0 spiro atoms. The number of aliphatic hydroxyl groups excluding tert-OH is 1. The molecule has 0 bridgehead atoms. The summed E-state index contributed by atoms with van der Waals surface area (Å²) in [4.78, 5) is 41.1. The van der Waals surface area contributed by atoms with Crippen LogP contribution < -0.4 is 5.32 Å². The molecule has 2 N–H and O–H groups in total. The highest BCUT2D eigenvalue weighted by molar-refractivity contribution is 7.99. The lowest BCUT2D eigenvalue weighted by atomic mass is 9.77. The van der Waals surface area contributed by atoms with Gasteiger partial charge in [-0.05, 0) is 86.4 Å². The number of hydrogen-bond acceptors (Lipinski definition) is 8. The Bertz CT molecular complexity index is 1100. The molecule has 5 atom stereocenters. The Labute approximate surface area is 246 Å². The fourth-order valence-corrected chi connectivity index (χ4v) is 6.27. The molecular weight excluding hydrogens is 561 g/mol. The van der Waals surface area contributed by atoms with Crippen LogP contribution in [0.5, 0.6) is 0 Å². The van der Waals surface area contributed by atoms with E-state index in [9.17, 15) is 23.9 Å². The highest BCUT2D eigenvalue weighted by Crippen LogP contribution is 2.50. The second-order valence-electron chi connectivity index (χ2n) is 13.2. The Morgan fingerprint density at radius 3 is 2.02 bits per heavy atom. The summed E-state index contributed by atoms with van der Waals surface area (Å²) >= 11 is 7.19. The number of ether oxygens (including phenoxy) is 3. The predicted octanol–water partition coefficient (Wildman–Crippen LogP) is 6.15. The number of thioether (sulfide) groups is 1. The van der Waals surface area contributed by atoms with E-state index in [1.54, 1.807) is 69.2 Å². The zero-order valence-electron chi connectivity index (χ0n) is 25.0. The predicted molar refractivity (Wildman–Crippen MR) is 153 cm³/mol. The molecular formula is C29H43ClFNO7S. The van der Waals surface area contributed by atoms with Crippen molar-refractivity contribution in [1.82, 2.24) is 5.32 Å². The van der Waals surface area contributed by atoms with Gasteiger partial charge in [0.2, 0.25) is 0 Å². The first-order valence-corrected chi connectivity index (χ1v) is 14.6. The molecule has 1 aromatic rings. The van der Waals surface area contributed by atoms with Crippen molar-refractivity contribution in [2.45, 2.75) is 109 Å². The van der Waals surface area contributed by atoms with Crippen LogP contribution in [-0.4, -0.2) is 57.3 Å². The van der Waals surface area contributed by atoms with Gasteiger partial charge >= 0.3 is 18.0 Å². The Kier molecular flexibility index (Phi) is 10.6. The van der Waals surface area contributed by atoms with E-state index in [2.05, 4.69) is 5.32 Å². The molecule has 2 rings (SSSR count). The highest BCUT2D eigenvalue weighted by atomic mass is 35.5. The summed E-state index contributed by atoms with van der Waals surface area (Å²) in [7, 11) is 0. The van der Waals surface area contributed by atoms with Gasteiger partial charge < -0.3 is 24.6 Å². The van der Waals surface area contributed by atoms with Gasteiger partial charge in [0.25, 0.3) is 0 Å². The highest BCUT2D eigenvalue weighted by Gasteiger charge is 2.65.